The van der Waals surface area contributed by atoms with Crippen molar-refractivity contribution in [2.45, 2.75) is 108 Å². The lowest BCUT2D eigenvalue weighted by Gasteiger charge is -2.47. The Morgan fingerprint density at radius 3 is 0.917 bits per heavy atom. The molecule has 0 aromatic heterocycles. The molecule has 2 saturated heterocycles. The Labute approximate surface area is 423 Å². The molecular formula is C61H64O11. The van der Waals surface area contributed by atoms with Crippen LogP contribution in [0.3, 0.4) is 0 Å². The molecule has 7 aromatic rings. The molecule has 0 spiro atoms. The lowest BCUT2D eigenvalue weighted by molar-refractivity contribution is -0.349. The molecule has 2 fully saturated rings. The maximum absolute atomic E-state index is 12.0. The van der Waals surface area contributed by atoms with Gasteiger partial charge in [-0.1, -0.05) is 212 Å². The standard InChI is InChI=1S/C61H64O11/c62-60-58(68-41-50-32-18-6-19-33-50)56(66-39-48-28-14-4-15-29-48)55(65-38-47-26-12-3-13-27-47)53(71-60)44-70-61-59(69-42-51-34-20-7-21-35-51)57(67-40-49-30-16-5-17-31-49)54(64-37-46-24-10-2-11-25-46)52(72-61)43-63-36-45-22-8-1-9-23-45/h1-35,52-62H,36-44H2/t52-,53-,54-,55+,56+,57+,58-,59-,60+,61-/m1/s1. The van der Waals surface area contributed by atoms with Gasteiger partial charge >= 0.3 is 0 Å². The fourth-order valence-electron chi connectivity index (χ4n) is 8.97. The Morgan fingerprint density at radius 1 is 0.278 bits per heavy atom. The van der Waals surface area contributed by atoms with E-state index in [4.69, 9.17) is 47.4 Å². The number of hydrogen-bond acceptors (Lipinski definition) is 11. The van der Waals surface area contributed by atoms with Crippen LogP contribution in [0.1, 0.15) is 38.9 Å². The Kier molecular flexibility index (Phi) is 19.3. The quantitative estimate of drug-likeness (QED) is 0.0591. The van der Waals surface area contributed by atoms with E-state index >= 15 is 0 Å². The van der Waals surface area contributed by atoms with Gasteiger partial charge in [0, 0.05) is 0 Å². The molecule has 9 rings (SSSR count). The van der Waals surface area contributed by atoms with Gasteiger partial charge in [0.05, 0.1) is 59.5 Å². The number of ether oxygens (including phenoxy) is 10. The number of hydrogen-bond donors (Lipinski definition) is 1. The van der Waals surface area contributed by atoms with Crippen LogP contribution in [0, 0.1) is 0 Å². The van der Waals surface area contributed by atoms with Gasteiger partial charge in [0.25, 0.3) is 0 Å². The number of benzene rings is 7. The Bertz CT molecular complexity index is 2550. The SMILES string of the molecule is O[C@H]1O[C@H](CO[C@@H]2O[C@H](COCc3ccccc3)[C@@H](OCc3ccccc3)[C@H](OCc3ccccc3)[C@H]2OCc2ccccc2)[C@H](OCc2ccccc2)[C@H](OCc2ccccc2)[C@H]1OCc1ccccc1. The first-order chi connectivity index (χ1) is 35.6. The van der Waals surface area contributed by atoms with Crippen LogP contribution in [-0.4, -0.2) is 79.7 Å². The molecule has 374 valence electrons. The van der Waals surface area contributed by atoms with Crippen LogP contribution in [0.5, 0.6) is 0 Å². The lowest BCUT2D eigenvalue weighted by atomic mass is 9.97. The smallest absolute Gasteiger partial charge is 0.187 e. The molecule has 10 atom stereocenters. The number of aliphatic hydroxyl groups excluding tert-OH is 1. The first-order valence-electron chi connectivity index (χ1n) is 24.8. The normalized spacial score (nSPS) is 24.2. The Morgan fingerprint density at radius 2 is 0.556 bits per heavy atom. The zero-order valence-electron chi connectivity index (χ0n) is 40.4. The van der Waals surface area contributed by atoms with Gasteiger partial charge in [-0.2, -0.15) is 0 Å². The van der Waals surface area contributed by atoms with E-state index in [0.717, 1.165) is 38.9 Å². The summed E-state index contributed by atoms with van der Waals surface area (Å²) in [7, 11) is 0. The molecule has 7 aromatic carbocycles. The maximum atomic E-state index is 12.0. The molecule has 0 radical (unpaired) electrons. The van der Waals surface area contributed by atoms with Gasteiger partial charge < -0.3 is 52.5 Å². The number of aliphatic hydroxyl groups is 1. The first kappa shape index (κ1) is 51.0. The number of rotatable bonds is 25. The third-order valence-corrected chi connectivity index (χ3v) is 12.7. The molecule has 0 bridgehead atoms. The molecular weight excluding hydrogens is 909 g/mol. The van der Waals surface area contributed by atoms with E-state index < -0.39 is 61.4 Å². The zero-order chi connectivity index (χ0) is 49.0. The van der Waals surface area contributed by atoms with Crippen LogP contribution in [0.4, 0.5) is 0 Å². The highest BCUT2D eigenvalue weighted by molar-refractivity contribution is 5.19. The van der Waals surface area contributed by atoms with E-state index in [1.807, 2.05) is 212 Å². The summed E-state index contributed by atoms with van der Waals surface area (Å²) in [6.45, 7) is 1.89. The molecule has 0 aliphatic carbocycles. The summed E-state index contributed by atoms with van der Waals surface area (Å²) in [5.74, 6) is 0. The van der Waals surface area contributed by atoms with E-state index in [9.17, 15) is 5.11 Å². The summed E-state index contributed by atoms with van der Waals surface area (Å²) < 4.78 is 67.9. The van der Waals surface area contributed by atoms with E-state index in [1.54, 1.807) is 0 Å². The minimum Gasteiger partial charge on any atom is -0.374 e. The summed E-state index contributed by atoms with van der Waals surface area (Å²) in [6.07, 6.45) is -8.74. The summed E-state index contributed by atoms with van der Waals surface area (Å²) >= 11 is 0. The summed E-state index contributed by atoms with van der Waals surface area (Å²) in [5.41, 5.74) is 6.80. The minimum atomic E-state index is -1.41. The third kappa shape index (κ3) is 14.8. The fourth-order valence-corrected chi connectivity index (χ4v) is 8.97. The van der Waals surface area contributed by atoms with Gasteiger partial charge in [0.2, 0.25) is 0 Å². The van der Waals surface area contributed by atoms with Gasteiger partial charge in [0.15, 0.2) is 12.6 Å². The van der Waals surface area contributed by atoms with Crippen molar-refractivity contribution in [2.75, 3.05) is 13.2 Å². The molecule has 2 heterocycles. The monoisotopic (exact) mass is 972 g/mol. The van der Waals surface area contributed by atoms with E-state index in [-0.39, 0.29) is 52.9 Å². The molecule has 0 amide bonds. The zero-order valence-corrected chi connectivity index (χ0v) is 40.4. The fraction of sp³-hybridized carbons (Fsp3) is 0.311. The molecule has 0 saturated carbocycles. The predicted molar refractivity (Wildman–Crippen MR) is 272 cm³/mol. The summed E-state index contributed by atoms with van der Waals surface area (Å²) in [6, 6.07) is 69.7. The average Bonchev–Trinajstić information content (AvgIpc) is 3.44. The van der Waals surface area contributed by atoms with Crippen molar-refractivity contribution in [1.82, 2.24) is 0 Å². The molecule has 0 unspecified atom stereocenters. The average molecular weight is 973 g/mol. The first-order valence-corrected chi connectivity index (χ1v) is 24.8. The van der Waals surface area contributed by atoms with Crippen LogP contribution in [0.25, 0.3) is 0 Å². The van der Waals surface area contributed by atoms with Crippen LogP contribution < -0.4 is 0 Å². The second-order valence-electron chi connectivity index (χ2n) is 18.0. The van der Waals surface area contributed by atoms with Crippen molar-refractivity contribution in [3.05, 3.63) is 251 Å². The Balaban J connectivity index is 1.04. The highest BCUT2D eigenvalue weighted by Crippen LogP contribution is 2.34. The van der Waals surface area contributed by atoms with Crippen molar-refractivity contribution < 1.29 is 52.5 Å². The van der Waals surface area contributed by atoms with Crippen molar-refractivity contribution in [3.8, 4) is 0 Å². The van der Waals surface area contributed by atoms with Crippen molar-refractivity contribution in [2.24, 2.45) is 0 Å². The van der Waals surface area contributed by atoms with Gasteiger partial charge in [-0.15, -0.1) is 0 Å². The van der Waals surface area contributed by atoms with E-state index in [0.29, 0.717) is 6.61 Å². The van der Waals surface area contributed by atoms with Gasteiger partial charge in [-0.25, -0.2) is 0 Å². The molecule has 2 aliphatic rings. The molecule has 2 aliphatic heterocycles. The van der Waals surface area contributed by atoms with Crippen molar-refractivity contribution in [3.63, 3.8) is 0 Å². The summed E-state index contributed by atoms with van der Waals surface area (Å²) in [4.78, 5) is 0. The highest BCUT2D eigenvalue weighted by Gasteiger charge is 2.52. The van der Waals surface area contributed by atoms with E-state index in [2.05, 4.69) is 0 Å². The van der Waals surface area contributed by atoms with Crippen LogP contribution >= 0.6 is 0 Å². The van der Waals surface area contributed by atoms with Crippen LogP contribution in [0.2, 0.25) is 0 Å². The molecule has 72 heavy (non-hydrogen) atoms. The molecule has 1 N–H and O–H groups in total. The van der Waals surface area contributed by atoms with Crippen LogP contribution in [0.15, 0.2) is 212 Å². The highest BCUT2D eigenvalue weighted by atomic mass is 16.7. The van der Waals surface area contributed by atoms with Crippen molar-refractivity contribution >= 4 is 0 Å². The Hall–Kier alpha value is -5.90. The third-order valence-electron chi connectivity index (χ3n) is 12.7. The topological polar surface area (TPSA) is 113 Å². The molecule has 11 heteroatoms. The van der Waals surface area contributed by atoms with Gasteiger partial charge in [-0.3, -0.25) is 0 Å². The molecule has 11 nitrogen and oxygen atoms in total. The lowest BCUT2D eigenvalue weighted by Crippen LogP contribution is -2.63. The second kappa shape index (κ2) is 27.2. The van der Waals surface area contributed by atoms with Gasteiger partial charge in [0.1, 0.15) is 48.8 Å². The minimum absolute atomic E-state index is 0.0957. The maximum Gasteiger partial charge on any atom is 0.187 e. The van der Waals surface area contributed by atoms with Crippen molar-refractivity contribution in [1.29, 1.82) is 0 Å². The second-order valence-corrected chi connectivity index (χ2v) is 18.0. The van der Waals surface area contributed by atoms with Gasteiger partial charge in [-0.05, 0) is 38.9 Å². The largest absolute Gasteiger partial charge is 0.374 e. The van der Waals surface area contributed by atoms with Crippen LogP contribution in [-0.2, 0) is 93.6 Å². The summed E-state index contributed by atoms with van der Waals surface area (Å²) in [5, 5.41) is 12.0. The predicted octanol–water partition coefficient (Wildman–Crippen LogP) is 10.2. The van der Waals surface area contributed by atoms with E-state index in [1.165, 1.54) is 0 Å².